The maximum Gasteiger partial charge on any atom is 1.00 e. The Kier molecular flexibility index (Phi) is 24.4. The molecule has 6 heteroatoms. The van der Waals surface area contributed by atoms with E-state index >= 15 is 0 Å². The summed E-state index contributed by atoms with van der Waals surface area (Å²) in [6.07, 6.45) is 0. The first-order valence-electron chi connectivity index (χ1n) is 0.600. The van der Waals surface area contributed by atoms with E-state index in [4.69, 9.17) is 14.7 Å². The maximum absolute atomic E-state index is 7.23. The summed E-state index contributed by atoms with van der Waals surface area (Å²) in [4.78, 5) is 21.7. The summed E-state index contributed by atoms with van der Waals surface area (Å²) in [5, 5.41) is 0. The van der Waals surface area contributed by atoms with E-state index in [1.165, 1.54) is 0 Å². The molecule has 0 aromatic rings. The van der Waals surface area contributed by atoms with Gasteiger partial charge in [-0.1, -0.05) is 0 Å². The molecule has 42 valence electrons. The van der Waals surface area contributed by atoms with Gasteiger partial charge in [-0.2, -0.15) is 0 Å². The van der Waals surface area contributed by atoms with Crippen LogP contribution >= 0.6 is 8.60 Å². The second-order valence-electron chi connectivity index (χ2n) is 0.268. The van der Waals surface area contributed by atoms with Crippen LogP contribution in [0, 0.1) is 0 Å². The van der Waals surface area contributed by atoms with Crippen molar-refractivity contribution in [1.82, 2.24) is 12.3 Å². The predicted octanol–water partition coefficient (Wildman–Crippen LogP) is -0.373. The molecule has 0 spiro atoms. The third-order valence-electron chi connectivity index (χ3n) is 0. The van der Waals surface area contributed by atoms with Crippen LogP contribution in [0.15, 0.2) is 0 Å². The molecule has 0 amide bonds. The molecule has 0 aliphatic carbocycles. The molecule has 0 radical (unpaired) electrons. The topological polar surface area (TPSA) is 131 Å². The Morgan fingerprint density at radius 3 is 1.00 bits per heavy atom. The van der Waals surface area contributed by atoms with Crippen LogP contribution in [-0.4, -0.2) is 14.7 Å². The second-order valence-corrected chi connectivity index (χ2v) is 0.805. The van der Waals surface area contributed by atoms with E-state index < -0.39 is 8.60 Å². The van der Waals surface area contributed by atoms with E-state index in [0.29, 0.717) is 0 Å². The monoisotopic (exact) mass is 117 g/mol. The smallest absolute Gasteiger partial charge is 0.344 e. The lowest BCUT2D eigenvalue weighted by Crippen LogP contribution is -1.54. The molecule has 0 aliphatic heterocycles. The fourth-order valence-electron chi connectivity index (χ4n) is 0. The van der Waals surface area contributed by atoms with Gasteiger partial charge in [0.05, 0.1) is 0 Å². The van der Waals surface area contributed by atoms with Gasteiger partial charge in [-0.15, -0.1) is 0 Å². The summed E-state index contributed by atoms with van der Waals surface area (Å²) in [6, 6.07) is 0. The van der Waals surface area contributed by atoms with Crippen LogP contribution in [-0.2, 0) is 0 Å². The molecule has 6 heavy (non-hydrogen) atoms. The van der Waals surface area contributed by atoms with Gasteiger partial charge in [0.1, 0.15) is 0 Å². The zero-order chi connectivity index (χ0) is 3.58. The summed E-state index contributed by atoms with van der Waals surface area (Å²) in [6.45, 7) is 0. The lowest BCUT2D eigenvalue weighted by atomic mass is 14.0. The predicted molar refractivity (Wildman–Crippen MR) is 24.7 cm³/mol. The fourth-order valence-corrected chi connectivity index (χ4v) is 0. The second kappa shape index (κ2) is 8.97. The van der Waals surface area contributed by atoms with Crippen molar-refractivity contribution in [3.05, 3.63) is 0 Å². The molecule has 0 aromatic heterocycles. The van der Waals surface area contributed by atoms with Gasteiger partial charge in [-0.25, -0.2) is 0 Å². The Hall–Kier alpha value is 0.230. The molecule has 0 unspecified atom stereocenters. The van der Waals surface area contributed by atoms with Crippen molar-refractivity contribution in [3.63, 3.8) is 0 Å². The summed E-state index contributed by atoms with van der Waals surface area (Å²) in [5.74, 6) is 0. The van der Waals surface area contributed by atoms with E-state index in [1.54, 1.807) is 0 Å². The summed E-state index contributed by atoms with van der Waals surface area (Å²) >= 11 is 0. The minimum Gasteiger partial charge on any atom is -0.344 e. The van der Waals surface area contributed by atoms with Crippen LogP contribution in [0.1, 0.15) is 1.43 Å². The summed E-state index contributed by atoms with van der Waals surface area (Å²) in [5.41, 5.74) is 0. The molecule has 9 N–H and O–H groups in total. The molecular weight excluding hydrogens is 107 g/mol. The van der Waals surface area contributed by atoms with Gasteiger partial charge >= 0.3 is 10.0 Å². The van der Waals surface area contributed by atoms with Gasteiger partial charge in [0.25, 0.3) is 0 Å². The molecular formula is H10N2O3P+. The third kappa shape index (κ3) is 834. The van der Waals surface area contributed by atoms with E-state index in [-0.39, 0.29) is 13.7 Å². The highest BCUT2D eigenvalue weighted by atomic mass is 31.2. The SMILES string of the molecule is N.N.OP(O)O.[H+]. The van der Waals surface area contributed by atoms with Gasteiger partial charge < -0.3 is 27.0 Å². The van der Waals surface area contributed by atoms with Crippen molar-refractivity contribution in [3.8, 4) is 0 Å². The van der Waals surface area contributed by atoms with Gasteiger partial charge in [0.2, 0.25) is 0 Å². The minimum absolute atomic E-state index is 0. The summed E-state index contributed by atoms with van der Waals surface area (Å²) in [7, 11) is -2.62. The Bertz CT molecular complexity index is 17.7. The van der Waals surface area contributed by atoms with Crippen LogP contribution in [0.3, 0.4) is 0 Å². The van der Waals surface area contributed by atoms with Crippen molar-refractivity contribution in [2.45, 2.75) is 0 Å². The molecule has 0 aliphatic rings. The highest BCUT2D eigenvalue weighted by Gasteiger charge is 1.76. The first kappa shape index (κ1) is 16.3. The van der Waals surface area contributed by atoms with Crippen molar-refractivity contribution in [2.75, 3.05) is 0 Å². The van der Waals surface area contributed by atoms with Crippen molar-refractivity contribution >= 4 is 8.60 Å². The zero-order valence-corrected chi connectivity index (χ0v) is 4.10. The van der Waals surface area contributed by atoms with Gasteiger partial charge in [-0.3, -0.25) is 0 Å². The molecule has 0 heterocycles. The molecule has 0 atom stereocenters. The minimum atomic E-state index is -2.62. The highest BCUT2D eigenvalue weighted by Crippen LogP contribution is 2.11. The molecule has 0 rings (SSSR count). The Morgan fingerprint density at radius 1 is 1.00 bits per heavy atom. The Balaban J connectivity index is -0.0000000150. The molecule has 0 bridgehead atoms. The largest absolute Gasteiger partial charge is 1.00 e. The molecule has 5 nitrogen and oxygen atoms in total. The number of hydrogen-bond acceptors (Lipinski definition) is 5. The zero-order valence-electron chi connectivity index (χ0n) is 4.20. The standard InChI is InChI=1S/2H3N.H3O3P/c;;1-4(2)3/h2*1H3;1-3H/p+1. The van der Waals surface area contributed by atoms with Crippen LogP contribution in [0.4, 0.5) is 0 Å². The molecule has 0 saturated carbocycles. The maximum atomic E-state index is 7.23. The van der Waals surface area contributed by atoms with Gasteiger partial charge in [0.15, 0.2) is 0 Å². The first-order valence-corrected chi connectivity index (χ1v) is 1.80. The first-order chi connectivity index (χ1) is 1.73. The van der Waals surface area contributed by atoms with Crippen LogP contribution in [0.2, 0.25) is 0 Å². The average Bonchev–Trinajstić information content (AvgIpc) is 0.811. The van der Waals surface area contributed by atoms with Crippen molar-refractivity contribution in [1.29, 1.82) is 0 Å². The van der Waals surface area contributed by atoms with E-state index in [2.05, 4.69) is 0 Å². The van der Waals surface area contributed by atoms with Gasteiger partial charge in [0, 0.05) is 0 Å². The number of hydrogen-bond donors (Lipinski definition) is 5. The number of rotatable bonds is 0. The Labute approximate surface area is 38.3 Å². The van der Waals surface area contributed by atoms with E-state index in [9.17, 15) is 0 Å². The highest BCUT2D eigenvalue weighted by molar-refractivity contribution is 7.38. The summed E-state index contributed by atoms with van der Waals surface area (Å²) < 4.78 is 0. The van der Waals surface area contributed by atoms with E-state index in [1.807, 2.05) is 0 Å². The van der Waals surface area contributed by atoms with Crippen LogP contribution in [0.5, 0.6) is 0 Å². The van der Waals surface area contributed by atoms with Crippen LogP contribution in [0.25, 0.3) is 0 Å². The normalized spacial score (nSPS) is 6.00. The lowest BCUT2D eigenvalue weighted by molar-refractivity contribution is 0.368. The van der Waals surface area contributed by atoms with Crippen LogP contribution < -0.4 is 12.3 Å². The molecule has 0 fully saturated rings. The lowest BCUT2D eigenvalue weighted by Gasteiger charge is -1.76. The third-order valence-corrected chi connectivity index (χ3v) is 0. The quantitative estimate of drug-likeness (QED) is 0.276. The molecule has 0 aromatic carbocycles. The van der Waals surface area contributed by atoms with E-state index in [0.717, 1.165) is 0 Å². The molecule has 0 saturated heterocycles. The van der Waals surface area contributed by atoms with Crippen molar-refractivity contribution in [2.24, 2.45) is 0 Å². The fraction of sp³-hybridized carbons (Fsp3) is 0. The average molecular weight is 117 g/mol. The Morgan fingerprint density at radius 2 is 1.00 bits per heavy atom. The van der Waals surface area contributed by atoms with Gasteiger partial charge in [-0.05, 0) is 0 Å². The van der Waals surface area contributed by atoms with Crippen molar-refractivity contribution < 1.29 is 16.1 Å².